The van der Waals surface area contributed by atoms with Gasteiger partial charge in [0.15, 0.2) is 0 Å². The molecule has 0 saturated carbocycles. The highest BCUT2D eigenvalue weighted by Crippen LogP contribution is 2.17. The van der Waals surface area contributed by atoms with E-state index in [9.17, 15) is 5.11 Å². The van der Waals surface area contributed by atoms with Crippen molar-refractivity contribution in [2.45, 2.75) is 26.3 Å². The first kappa shape index (κ1) is 10.7. The monoisotopic (exact) mass is 192 g/mol. The van der Waals surface area contributed by atoms with Crippen molar-refractivity contribution in [1.29, 1.82) is 0 Å². The Morgan fingerprint density at radius 1 is 1.64 bits per heavy atom. The minimum absolute atomic E-state index is 0.162. The van der Waals surface area contributed by atoms with Gasteiger partial charge in [0.2, 0.25) is 0 Å². The van der Waals surface area contributed by atoms with Crippen molar-refractivity contribution in [3.05, 3.63) is 30.1 Å². The fourth-order valence-electron chi connectivity index (χ4n) is 1.12. The van der Waals surface area contributed by atoms with Crippen LogP contribution in [0.5, 0.6) is 5.75 Å². The molecular weight excluding hydrogens is 176 g/mol. The van der Waals surface area contributed by atoms with Crippen LogP contribution in [0.3, 0.4) is 0 Å². The average Bonchev–Trinajstić information content (AvgIpc) is 2.14. The third-order valence-corrected chi connectivity index (χ3v) is 1.97. The molecule has 0 aliphatic heterocycles. The maximum absolute atomic E-state index is 9.22. The number of aromatic hydroxyl groups is 1. The number of allylic oxidation sites excluding steroid dienone is 1. The molecule has 3 nitrogen and oxygen atoms in total. The molecule has 3 N–H and O–H groups in total. The smallest absolute Gasteiger partial charge is 0.134 e. The predicted octanol–water partition coefficient (Wildman–Crippen LogP) is 1.93. The number of nitrogens with two attached hydrogens (primary N) is 1. The van der Waals surface area contributed by atoms with E-state index < -0.39 is 0 Å². The number of hydrogen-bond donors (Lipinski definition) is 2. The molecule has 0 aliphatic rings. The SMILES string of the molecule is CC(=CCC(C)N)c1cncc(O)c1. The molecule has 0 amide bonds. The topological polar surface area (TPSA) is 59.1 Å². The van der Waals surface area contributed by atoms with Crippen LogP contribution in [0.4, 0.5) is 0 Å². The van der Waals surface area contributed by atoms with Crippen LogP contribution in [-0.4, -0.2) is 16.1 Å². The van der Waals surface area contributed by atoms with Crippen molar-refractivity contribution in [2.75, 3.05) is 0 Å². The minimum atomic E-state index is 0.162. The van der Waals surface area contributed by atoms with Crippen molar-refractivity contribution in [1.82, 2.24) is 4.98 Å². The second-order valence-corrected chi connectivity index (χ2v) is 3.53. The average molecular weight is 192 g/mol. The molecule has 1 heterocycles. The van der Waals surface area contributed by atoms with Gasteiger partial charge in [0.25, 0.3) is 0 Å². The van der Waals surface area contributed by atoms with Crippen LogP contribution in [0.25, 0.3) is 5.57 Å². The highest BCUT2D eigenvalue weighted by Gasteiger charge is 1.98. The zero-order valence-corrected chi connectivity index (χ0v) is 8.57. The molecule has 0 spiro atoms. The van der Waals surface area contributed by atoms with Gasteiger partial charge < -0.3 is 10.8 Å². The molecule has 0 saturated heterocycles. The van der Waals surface area contributed by atoms with Gasteiger partial charge in [0.05, 0.1) is 6.20 Å². The minimum Gasteiger partial charge on any atom is -0.506 e. The Labute approximate surface area is 84.3 Å². The van der Waals surface area contributed by atoms with Gasteiger partial charge in [-0.2, -0.15) is 0 Å². The van der Waals surface area contributed by atoms with Crippen LogP contribution in [-0.2, 0) is 0 Å². The van der Waals surface area contributed by atoms with Crippen molar-refractivity contribution in [3.8, 4) is 5.75 Å². The summed E-state index contributed by atoms with van der Waals surface area (Å²) in [5.41, 5.74) is 7.66. The largest absolute Gasteiger partial charge is 0.506 e. The van der Waals surface area contributed by atoms with Gasteiger partial charge in [-0.1, -0.05) is 6.08 Å². The number of aromatic nitrogens is 1. The Morgan fingerprint density at radius 3 is 2.93 bits per heavy atom. The van der Waals surface area contributed by atoms with Gasteiger partial charge in [0, 0.05) is 12.2 Å². The molecule has 1 aromatic heterocycles. The molecule has 1 unspecified atom stereocenters. The number of hydrogen-bond acceptors (Lipinski definition) is 3. The van der Waals surface area contributed by atoms with E-state index in [-0.39, 0.29) is 11.8 Å². The Balaban J connectivity index is 2.78. The van der Waals surface area contributed by atoms with Gasteiger partial charge in [-0.15, -0.1) is 0 Å². The lowest BCUT2D eigenvalue weighted by Crippen LogP contribution is -2.12. The number of rotatable bonds is 3. The highest BCUT2D eigenvalue weighted by atomic mass is 16.3. The van der Waals surface area contributed by atoms with Crippen LogP contribution >= 0.6 is 0 Å². The first-order valence-corrected chi connectivity index (χ1v) is 4.66. The lowest BCUT2D eigenvalue weighted by molar-refractivity contribution is 0.472. The first-order chi connectivity index (χ1) is 6.59. The molecular formula is C11H16N2O. The third kappa shape index (κ3) is 3.18. The molecule has 3 heteroatoms. The van der Waals surface area contributed by atoms with E-state index >= 15 is 0 Å². The van der Waals surface area contributed by atoms with Gasteiger partial charge in [0.1, 0.15) is 5.75 Å². The van der Waals surface area contributed by atoms with E-state index in [1.807, 2.05) is 13.8 Å². The van der Waals surface area contributed by atoms with E-state index in [0.29, 0.717) is 0 Å². The van der Waals surface area contributed by atoms with Gasteiger partial charge in [-0.3, -0.25) is 4.98 Å². The Hall–Kier alpha value is -1.35. The third-order valence-electron chi connectivity index (χ3n) is 1.97. The maximum Gasteiger partial charge on any atom is 0.134 e. The van der Waals surface area contributed by atoms with E-state index in [4.69, 9.17) is 5.73 Å². The molecule has 14 heavy (non-hydrogen) atoms. The van der Waals surface area contributed by atoms with E-state index in [1.165, 1.54) is 6.20 Å². The fraction of sp³-hybridized carbons (Fsp3) is 0.364. The Bertz CT molecular complexity index is 332. The molecule has 1 atom stereocenters. The number of nitrogens with zero attached hydrogens (tertiary/aromatic N) is 1. The van der Waals surface area contributed by atoms with Crippen molar-refractivity contribution >= 4 is 5.57 Å². The molecule has 1 aromatic rings. The summed E-state index contributed by atoms with van der Waals surface area (Å²) in [4.78, 5) is 3.91. The normalized spacial score (nSPS) is 14.1. The maximum atomic E-state index is 9.22. The zero-order valence-electron chi connectivity index (χ0n) is 8.57. The standard InChI is InChI=1S/C11H16N2O/c1-8(3-4-9(2)12)10-5-11(14)7-13-6-10/h3,5-7,9,14H,4,12H2,1-2H3. The Morgan fingerprint density at radius 2 is 2.36 bits per heavy atom. The van der Waals surface area contributed by atoms with Crippen molar-refractivity contribution in [2.24, 2.45) is 5.73 Å². The Kier molecular flexibility index (Phi) is 3.65. The first-order valence-electron chi connectivity index (χ1n) is 4.66. The van der Waals surface area contributed by atoms with Gasteiger partial charge in [-0.05, 0) is 37.5 Å². The van der Waals surface area contributed by atoms with Crippen molar-refractivity contribution in [3.63, 3.8) is 0 Å². The summed E-state index contributed by atoms with van der Waals surface area (Å²) in [6.45, 7) is 3.95. The molecule has 76 valence electrons. The lowest BCUT2D eigenvalue weighted by atomic mass is 10.1. The van der Waals surface area contributed by atoms with Crippen LogP contribution in [0.15, 0.2) is 24.5 Å². The van der Waals surface area contributed by atoms with Crippen LogP contribution in [0.2, 0.25) is 0 Å². The van der Waals surface area contributed by atoms with E-state index in [1.54, 1.807) is 12.3 Å². The molecule has 0 radical (unpaired) electrons. The highest BCUT2D eigenvalue weighted by molar-refractivity contribution is 5.63. The molecule has 0 aromatic carbocycles. The zero-order chi connectivity index (χ0) is 10.6. The van der Waals surface area contributed by atoms with E-state index in [0.717, 1.165) is 17.6 Å². The van der Waals surface area contributed by atoms with Crippen LogP contribution in [0.1, 0.15) is 25.8 Å². The molecule has 0 fully saturated rings. The summed E-state index contributed by atoms with van der Waals surface area (Å²) in [6.07, 6.45) is 6.04. The quantitative estimate of drug-likeness (QED) is 0.769. The molecule has 0 bridgehead atoms. The van der Waals surface area contributed by atoms with E-state index in [2.05, 4.69) is 11.1 Å². The van der Waals surface area contributed by atoms with Crippen LogP contribution < -0.4 is 5.73 Å². The summed E-state index contributed by atoms with van der Waals surface area (Å²) < 4.78 is 0. The summed E-state index contributed by atoms with van der Waals surface area (Å²) in [6, 6.07) is 1.86. The number of pyridine rings is 1. The summed E-state index contributed by atoms with van der Waals surface area (Å²) in [7, 11) is 0. The second kappa shape index (κ2) is 4.77. The van der Waals surface area contributed by atoms with Gasteiger partial charge >= 0.3 is 0 Å². The second-order valence-electron chi connectivity index (χ2n) is 3.53. The predicted molar refractivity (Wildman–Crippen MR) is 57.8 cm³/mol. The van der Waals surface area contributed by atoms with Crippen molar-refractivity contribution < 1.29 is 5.11 Å². The fourth-order valence-corrected chi connectivity index (χ4v) is 1.12. The summed E-state index contributed by atoms with van der Waals surface area (Å²) >= 11 is 0. The lowest BCUT2D eigenvalue weighted by Gasteiger charge is -2.03. The summed E-state index contributed by atoms with van der Waals surface area (Å²) in [5, 5.41) is 9.22. The summed E-state index contributed by atoms with van der Waals surface area (Å²) in [5.74, 6) is 0.191. The molecule has 1 rings (SSSR count). The van der Waals surface area contributed by atoms with Gasteiger partial charge in [-0.25, -0.2) is 0 Å². The van der Waals surface area contributed by atoms with Crippen LogP contribution in [0, 0.1) is 0 Å². The molecule has 0 aliphatic carbocycles.